The van der Waals surface area contributed by atoms with Crippen LogP contribution in [0.1, 0.15) is 30.1 Å². The van der Waals surface area contributed by atoms with Crippen LogP contribution in [0.3, 0.4) is 0 Å². The molecule has 3 rings (SSSR count). The molecule has 2 N–H and O–H groups in total. The molecule has 0 bridgehead atoms. The van der Waals surface area contributed by atoms with E-state index < -0.39 is 5.82 Å². The van der Waals surface area contributed by atoms with Gasteiger partial charge in [0.05, 0.1) is 11.1 Å². The third kappa shape index (κ3) is 3.01. The number of benzene rings is 1. The molecule has 126 valence electrons. The van der Waals surface area contributed by atoms with Crippen LogP contribution in [0.5, 0.6) is 0 Å². The molecule has 1 amide bonds. The number of hydrogen-bond acceptors (Lipinski definition) is 4. The van der Waals surface area contributed by atoms with Gasteiger partial charge < -0.3 is 10.6 Å². The lowest BCUT2D eigenvalue weighted by atomic mass is 9.90. The van der Waals surface area contributed by atoms with E-state index in [0.29, 0.717) is 19.0 Å². The van der Waals surface area contributed by atoms with Gasteiger partial charge in [0.25, 0.3) is 5.91 Å². The fraction of sp³-hybridized carbons (Fsp3) is 0.389. The first-order valence-corrected chi connectivity index (χ1v) is 8.20. The van der Waals surface area contributed by atoms with Crippen LogP contribution < -0.4 is 5.73 Å². The molecule has 1 saturated heterocycles. The molecule has 1 aliphatic rings. The molecule has 1 aliphatic heterocycles. The van der Waals surface area contributed by atoms with E-state index in [4.69, 9.17) is 5.73 Å². The van der Waals surface area contributed by atoms with Gasteiger partial charge in [0.2, 0.25) is 0 Å². The molecule has 0 spiro atoms. The third-order valence-electron chi connectivity index (χ3n) is 4.65. The number of carbonyl (C=O) groups is 1. The Morgan fingerprint density at radius 1 is 1.33 bits per heavy atom. The van der Waals surface area contributed by atoms with E-state index in [-0.39, 0.29) is 28.9 Å². The second-order valence-electron chi connectivity index (χ2n) is 6.16. The summed E-state index contributed by atoms with van der Waals surface area (Å²) in [4.78, 5) is 23.1. The van der Waals surface area contributed by atoms with Crippen LogP contribution in [0.4, 0.5) is 4.39 Å². The maximum Gasteiger partial charge on any atom is 0.255 e. The van der Waals surface area contributed by atoms with Crippen molar-refractivity contribution in [2.75, 3.05) is 13.1 Å². The number of nitrogens with two attached hydrogens (primary N) is 1. The Kier molecular flexibility index (Phi) is 4.85. The highest BCUT2D eigenvalue weighted by atomic mass is 19.1. The van der Waals surface area contributed by atoms with Gasteiger partial charge >= 0.3 is 0 Å². The summed E-state index contributed by atoms with van der Waals surface area (Å²) in [6, 6.07) is 6.12. The van der Waals surface area contributed by atoms with Crippen LogP contribution in [0.15, 0.2) is 36.7 Å². The molecule has 0 saturated carbocycles. The fourth-order valence-corrected chi connectivity index (χ4v) is 3.37. The van der Waals surface area contributed by atoms with Gasteiger partial charge in [-0.3, -0.25) is 4.79 Å². The van der Waals surface area contributed by atoms with E-state index in [0.717, 1.165) is 12.8 Å². The summed E-state index contributed by atoms with van der Waals surface area (Å²) >= 11 is 0. The first kappa shape index (κ1) is 16.5. The van der Waals surface area contributed by atoms with Gasteiger partial charge in [-0.05, 0) is 37.0 Å². The zero-order valence-electron chi connectivity index (χ0n) is 13.7. The van der Waals surface area contributed by atoms with Crippen LogP contribution in [0, 0.1) is 11.7 Å². The summed E-state index contributed by atoms with van der Waals surface area (Å²) in [6.07, 6.45) is 5.04. The molecule has 5 nitrogen and oxygen atoms in total. The van der Waals surface area contributed by atoms with E-state index >= 15 is 0 Å². The number of halogens is 1. The average Bonchev–Trinajstić information content (AvgIpc) is 2.61. The van der Waals surface area contributed by atoms with E-state index in [2.05, 4.69) is 16.9 Å². The Morgan fingerprint density at radius 3 is 2.79 bits per heavy atom. The van der Waals surface area contributed by atoms with Gasteiger partial charge in [0.15, 0.2) is 5.82 Å². The number of amides is 1. The predicted molar refractivity (Wildman–Crippen MR) is 89.7 cm³/mol. The van der Waals surface area contributed by atoms with E-state index in [1.165, 1.54) is 18.5 Å². The molecule has 6 heteroatoms. The number of carbonyl (C=O) groups excluding carboxylic acids is 1. The fourth-order valence-electron chi connectivity index (χ4n) is 3.37. The summed E-state index contributed by atoms with van der Waals surface area (Å²) in [6.45, 7) is 3.14. The van der Waals surface area contributed by atoms with Gasteiger partial charge in [-0.2, -0.15) is 0 Å². The third-order valence-corrected chi connectivity index (χ3v) is 4.65. The number of likely N-dealkylation sites (tertiary alicyclic amines) is 1. The summed E-state index contributed by atoms with van der Waals surface area (Å²) in [7, 11) is 0. The van der Waals surface area contributed by atoms with Crippen LogP contribution in [0.2, 0.25) is 0 Å². The standard InChI is InChI=1S/C18H21FN4O/c1-12-5-3-10-23(15(12)11-20)18(24)13-6-2-7-14(19)16(13)17-21-8-4-9-22-17/h2,4,6-9,12,15H,3,5,10-11,20H2,1H3. The maximum atomic E-state index is 14.4. The topological polar surface area (TPSA) is 72.1 Å². The van der Waals surface area contributed by atoms with Crippen LogP contribution in [-0.4, -0.2) is 39.9 Å². The second-order valence-corrected chi connectivity index (χ2v) is 6.16. The van der Waals surface area contributed by atoms with E-state index in [1.54, 1.807) is 23.1 Å². The van der Waals surface area contributed by atoms with Gasteiger partial charge in [-0.25, -0.2) is 14.4 Å². The van der Waals surface area contributed by atoms with Crippen molar-refractivity contribution in [3.05, 3.63) is 48.0 Å². The Morgan fingerprint density at radius 2 is 2.08 bits per heavy atom. The van der Waals surface area contributed by atoms with Crippen molar-refractivity contribution >= 4 is 5.91 Å². The number of piperidine rings is 1. The summed E-state index contributed by atoms with van der Waals surface area (Å²) < 4.78 is 14.4. The van der Waals surface area contributed by atoms with Gasteiger partial charge in [0, 0.05) is 31.5 Å². The van der Waals surface area contributed by atoms with Crippen molar-refractivity contribution in [2.24, 2.45) is 11.7 Å². The molecule has 0 radical (unpaired) electrons. The largest absolute Gasteiger partial charge is 0.334 e. The molecule has 1 aromatic heterocycles. The van der Waals surface area contributed by atoms with E-state index in [9.17, 15) is 9.18 Å². The summed E-state index contributed by atoms with van der Waals surface area (Å²) in [5.41, 5.74) is 6.32. The van der Waals surface area contributed by atoms with Gasteiger partial charge in [-0.15, -0.1) is 0 Å². The molecular weight excluding hydrogens is 307 g/mol. The quantitative estimate of drug-likeness (QED) is 0.939. The minimum absolute atomic E-state index is 0.0286. The SMILES string of the molecule is CC1CCCN(C(=O)c2cccc(F)c2-c2ncccn2)C1CN. The van der Waals surface area contributed by atoms with Gasteiger partial charge in [-0.1, -0.05) is 13.0 Å². The molecule has 2 heterocycles. The zero-order chi connectivity index (χ0) is 17.1. The minimum atomic E-state index is -0.499. The maximum absolute atomic E-state index is 14.4. The lowest BCUT2D eigenvalue weighted by Crippen LogP contribution is -2.51. The molecule has 2 unspecified atom stereocenters. The highest BCUT2D eigenvalue weighted by Gasteiger charge is 2.33. The number of nitrogens with zero attached hydrogens (tertiary/aromatic N) is 3. The van der Waals surface area contributed by atoms with Crippen LogP contribution in [-0.2, 0) is 0 Å². The normalized spacial score (nSPS) is 20.9. The minimum Gasteiger partial charge on any atom is -0.334 e. The Hall–Kier alpha value is -2.34. The first-order valence-electron chi connectivity index (χ1n) is 8.20. The van der Waals surface area contributed by atoms with E-state index in [1.807, 2.05) is 0 Å². The molecule has 0 aliphatic carbocycles. The molecular formula is C18H21FN4O. The van der Waals surface area contributed by atoms with Crippen molar-refractivity contribution in [1.29, 1.82) is 0 Å². The first-order chi connectivity index (χ1) is 11.6. The highest BCUT2D eigenvalue weighted by Crippen LogP contribution is 2.29. The second kappa shape index (κ2) is 7.05. The lowest BCUT2D eigenvalue weighted by molar-refractivity contribution is 0.0533. The molecule has 24 heavy (non-hydrogen) atoms. The lowest BCUT2D eigenvalue weighted by Gasteiger charge is -2.39. The number of hydrogen-bond donors (Lipinski definition) is 1. The Bertz CT molecular complexity index is 722. The van der Waals surface area contributed by atoms with Crippen molar-refractivity contribution in [3.8, 4) is 11.4 Å². The summed E-state index contributed by atoms with van der Waals surface area (Å²) in [5, 5.41) is 0. The number of rotatable bonds is 3. The van der Waals surface area contributed by atoms with Crippen molar-refractivity contribution in [1.82, 2.24) is 14.9 Å². The van der Waals surface area contributed by atoms with Crippen molar-refractivity contribution in [3.63, 3.8) is 0 Å². The number of aromatic nitrogens is 2. The molecule has 2 atom stereocenters. The average molecular weight is 328 g/mol. The molecule has 1 aromatic carbocycles. The zero-order valence-corrected chi connectivity index (χ0v) is 13.7. The smallest absolute Gasteiger partial charge is 0.255 e. The highest BCUT2D eigenvalue weighted by molar-refractivity contribution is 6.00. The van der Waals surface area contributed by atoms with Crippen LogP contribution in [0.25, 0.3) is 11.4 Å². The molecule has 2 aromatic rings. The Labute approximate surface area is 140 Å². The molecule has 1 fully saturated rings. The monoisotopic (exact) mass is 328 g/mol. The Balaban J connectivity index is 2.03. The van der Waals surface area contributed by atoms with Gasteiger partial charge in [0.1, 0.15) is 5.82 Å². The predicted octanol–water partition coefficient (Wildman–Crippen LogP) is 2.48. The van der Waals surface area contributed by atoms with Crippen molar-refractivity contribution in [2.45, 2.75) is 25.8 Å². The van der Waals surface area contributed by atoms with Crippen LogP contribution >= 0.6 is 0 Å². The summed E-state index contributed by atoms with van der Waals surface area (Å²) in [5.74, 6) is -0.161. The van der Waals surface area contributed by atoms with Crippen molar-refractivity contribution < 1.29 is 9.18 Å².